The number of hydrogen-bond acceptors (Lipinski definition) is 0. The normalized spacial score (nSPS) is 12.9. The fraction of sp³-hybridized carbons (Fsp3) is 0. The predicted molar refractivity (Wildman–Crippen MR) is 269 cm³/mol. The van der Waals surface area contributed by atoms with Crippen molar-refractivity contribution in [2.75, 3.05) is 0 Å². The van der Waals surface area contributed by atoms with Crippen molar-refractivity contribution < 1.29 is 0 Å². The summed E-state index contributed by atoms with van der Waals surface area (Å²) in [5.74, 6) is 0. The van der Waals surface area contributed by atoms with Crippen molar-refractivity contribution >= 4 is 72.4 Å². The molecule has 0 radical (unpaired) electrons. The molecular weight excluding hydrogens is 777 g/mol. The summed E-state index contributed by atoms with van der Waals surface area (Å²) in [5, 5.41) is 10.8. The maximum absolute atomic E-state index is 2.79. The molecule has 0 unspecified atom stereocenters. The van der Waals surface area contributed by atoms with Crippen LogP contribution in [0.3, 0.4) is 0 Å². The number of benzene rings is 10. The molecule has 1 aliphatic heterocycles. The van der Waals surface area contributed by atoms with E-state index < -0.39 is 8.07 Å². The molecule has 12 aromatic rings. The molecule has 0 N–H and O–H groups in total. The highest BCUT2D eigenvalue weighted by Gasteiger charge is 2.49. The monoisotopic (exact) mass is 816 g/mol. The Bertz CT molecular complexity index is 3360. The van der Waals surface area contributed by atoms with Crippen molar-refractivity contribution in [1.29, 1.82) is 0 Å². The summed E-state index contributed by atoms with van der Waals surface area (Å²) in [5.41, 5.74) is 14.8. The quantitative estimate of drug-likeness (QED) is 0.148. The van der Waals surface area contributed by atoms with Crippen LogP contribution >= 0.6 is 0 Å². The third kappa shape index (κ3) is 5.30. The van der Waals surface area contributed by atoms with E-state index in [0.29, 0.717) is 0 Å². The van der Waals surface area contributed by atoms with Crippen LogP contribution in [0.5, 0.6) is 0 Å². The molecular formula is C60H40N2Si. The average Bonchev–Trinajstić information content (AvgIpc) is 3.98. The molecule has 0 saturated heterocycles. The van der Waals surface area contributed by atoms with E-state index >= 15 is 0 Å². The van der Waals surface area contributed by atoms with Crippen molar-refractivity contribution in [3.8, 4) is 44.8 Å². The first-order chi connectivity index (χ1) is 31.3. The molecule has 3 heteroatoms. The summed E-state index contributed by atoms with van der Waals surface area (Å²) in [6, 6.07) is 90.5. The number of fused-ring (bicyclic) bond motifs is 9. The zero-order chi connectivity index (χ0) is 41.5. The summed E-state index contributed by atoms with van der Waals surface area (Å²) < 4.78 is 4.79. The van der Waals surface area contributed by atoms with Gasteiger partial charge < -0.3 is 9.13 Å². The van der Waals surface area contributed by atoms with Crippen LogP contribution in [0.25, 0.3) is 88.4 Å². The molecule has 0 aliphatic carbocycles. The molecule has 3 heterocycles. The molecule has 294 valence electrons. The van der Waals surface area contributed by atoms with Crippen LogP contribution in [0.1, 0.15) is 0 Å². The zero-order valence-electron chi connectivity index (χ0n) is 34.5. The smallest absolute Gasteiger partial charge is 0.180 e. The van der Waals surface area contributed by atoms with Crippen LogP contribution in [-0.2, 0) is 0 Å². The standard InChI is InChI=1S/C60H40N2Si/c1-3-15-47(16-4-1)63(48-17-5-2-6-18-48)59-39-43(41-27-33-45(34-28-41)61-55-23-11-7-19-49(55)50-20-8-12-24-56(50)61)31-37-53(59)54-38-32-44(40-60(54)63)42-29-35-46(36-30-42)62-57-25-13-9-21-51(57)52-22-10-14-26-58(52)62/h1-40H. The van der Waals surface area contributed by atoms with E-state index in [4.69, 9.17) is 0 Å². The summed E-state index contributed by atoms with van der Waals surface area (Å²) in [4.78, 5) is 0. The fourth-order valence-corrected chi connectivity index (χ4v) is 16.1. The third-order valence-corrected chi connectivity index (χ3v) is 18.5. The van der Waals surface area contributed by atoms with Crippen molar-refractivity contribution in [3.05, 3.63) is 243 Å². The van der Waals surface area contributed by atoms with Gasteiger partial charge in [0.25, 0.3) is 0 Å². The first-order valence-corrected chi connectivity index (χ1v) is 23.8. The molecule has 0 atom stereocenters. The Morgan fingerprint density at radius 3 is 0.905 bits per heavy atom. The van der Waals surface area contributed by atoms with E-state index in [1.54, 1.807) is 0 Å². The highest BCUT2D eigenvalue weighted by atomic mass is 28.3. The van der Waals surface area contributed by atoms with Gasteiger partial charge in [-0.25, -0.2) is 0 Å². The maximum Gasteiger partial charge on any atom is 0.180 e. The van der Waals surface area contributed by atoms with Gasteiger partial charge >= 0.3 is 0 Å². The minimum atomic E-state index is -2.79. The summed E-state index contributed by atoms with van der Waals surface area (Å²) in [7, 11) is -2.79. The van der Waals surface area contributed by atoms with Gasteiger partial charge in [-0.2, -0.15) is 0 Å². The molecule has 0 bridgehead atoms. The lowest BCUT2D eigenvalue weighted by atomic mass is 9.98. The van der Waals surface area contributed by atoms with Gasteiger partial charge in [0.1, 0.15) is 0 Å². The number of hydrogen-bond donors (Lipinski definition) is 0. The van der Waals surface area contributed by atoms with E-state index in [1.165, 1.54) is 97.7 Å². The van der Waals surface area contributed by atoms with Crippen molar-refractivity contribution in [1.82, 2.24) is 9.13 Å². The van der Waals surface area contributed by atoms with Crippen LogP contribution < -0.4 is 20.7 Å². The van der Waals surface area contributed by atoms with Crippen molar-refractivity contribution in [3.63, 3.8) is 0 Å². The lowest BCUT2D eigenvalue weighted by Gasteiger charge is -2.32. The Morgan fingerprint density at radius 2 is 0.556 bits per heavy atom. The number of para-hydroxylation sites is 4. The predicted octanol–water partition coefficient (Wildman–Crippen LogP) is 12.6. The van der Waals surface area contributed by atoms with Crippen LogP contribution in [0.15, 0.2) is 243 Å². The van der Waals surface area contributed by atoms with Gasteiger partial charge in [0.15, 0.2) is 8.07 Å². The van der Waals surface area contributed by atoms with Crippen LogP contribution in [0.4, 0.5) is 0 Å². The molecule has 0 saturated carbocycles. The first-order valence-electron chi connectivity index (χ1n) is 21.8. The van der Waals surface area contributed by atoms with E-state index in [2.05, 4.69) is 252 Å². The summed E-state index contributed by atoms with van der Waals surface area (Å²) in [6.45, 7) is 0. The molecule has 10 aromatic carbocycles. The molecule has 2 nitrogen and oxygen atoms in total. The second-order valence-electron chi connectivity index (χ2n) is 16.8. The van der Waals surface area contributed by atoms with Gasteiger partial charge in [0.05, 0.1) is 22.1 Å². The topological polar surface area (TPSA) is 9.86 Å². The van der Waals surface area contributed by atoms with E-state index in [9.17, 15) is 0 Å². The van der Waals surface area contributed by atoms with E-state index in [1.807, 2.05) is 0 Å². The summed E-state index contributed by atoms with van der Waals surface area (Å²) in [6.07, 6.45) is 0. The molecule has 63 heavy (non-hydrogen) atoms. The van der Waals surface area contributed by atoms with Gasteiger partial charge in [0.2, 0.25) is 0 Å². The molecule has 1 aliphatic rings. The lowest BCUT2D eigenvalue weighted by Crippen LogP contribution is -2.72. The molecule has 0 amide bonds. The van der Waals surface area contributed by atoms with Gasteiger partial charge in [-0.05, 0) is 103 Å². The van der Waals surface area contributed by atoms with Crippen molar-refractivity contribution in [2.45, 2.75) is 0 Å². The van der Waals surface area contributed by atoms with E-state index in [-0.39, 0.29) is 0 Å². The highest BCUT2D eigenvalue weighted by molar-refractivity contribution is 7.22. The minimum absolute atomic E-state index is 1.16. The summed E-state index contributed by atoms with van der Waals surface area (Å²) >= 11 is 0. The lowest BCUT2D eigenvalue weighted by molar-refractivity contribution is 1.18. The second-order valence-corrected chi connectivity index (χ2v) is 20.6. The minimum Gasteiger partial charge on any atom is -0.309 e. The Morgan fingerprint density at radius 1 is 0.254 bits per heavy atom. The molecule has 0 fully saturated rings. The number of rotatable bonds is 6. The Balaban J connectivity index is 0.950. The average molecular weight is 817 g/mol. The molecule has 0 spiro atoms. The largest absolute Gasteiger partial charge is 0.309 e. The fourth-order valence-electron chi connectivity index (χ4n) is 10.9. The Labute approximate surface area is 367 Å². The van der Waals surface area contributed by atoms with Crippen LogP contribution in [0, 0.1) is 0 Å². The number of nitrogens with zero attached hydrogens (tertiary/aromatic N) is 2. The Kier molecular flexibility index (Phi) is 7.96. The number of aromatic nitrogens is 2. The van der Waals surface area contributed by atoms with Gasteiger partial charge in [-0.15, -0.1) is 0 Å². The highest BCUT2D eigenvalue weighted by Crippen LogP contribution is 2.37. The third-order valence-electron chi connectivity index (χ3n) is 13.6. The SMILES string of the molecule is c1ccc([Si]2(c3ccccc3)c3cc(-c4ccc(-n5c6ccccc6c6ccccc65)cc4)ccc3-c3ccc(-c4ccc(-n5c6ccccc6c6ccccc65)cc4)cc32)cc1. The molecule has 13 rings (SSSR count). The van der Waals surface area contributed by atoms with E-state index in [0.717, 1.165) is 11.4 Å². The van der Waals surface area contributed by atoms with Gasteiger partial charge in [0, 0.05) is 32.9 Å². The Hall–Kier alpha value is -7.98. The first kappa shape index (κ1) is 35.7. The maximum atomic E-state index is 2.53. The van der Waals surface area contributed by atoms with Gasteiger partial charge in [-0.3, -0.25) is 0 Å². The van der Waals surface area contributed by atoms with Crippen molar-refractivity contribution in [2.24, 2.45) is 0 Å². The van der Waals surface area contributed by atoms with Gasteiger partial charge in [-0.1, -0.05) is 194 Å². The van der Waals surface area contributed by atoms with Crippen LogP contribution in [0.2, 0.25) is 0 Å². The molecule has 2 aromatic heterocycles. The zero-order valence-corrected chi connectivity index (χ0v) is 35.5. The second kappa shape index (κ2) is 14.0. The van der Waals surface area contributed by atoms with Crippen LogP contribution in [-0.4, -0.2) is 17.2 Å².